The summed E-state index contributed by atoms with van der Waals surface area (Å²) in [5, 5.41) is 0. The Bertz CT molecular complexity index is 1230. The zero-order valence-corrected chi connectivity index (χ0v) is 22.7. The van der Waals surface area contributed by atoms with Crippen molar-refractivity contribution in [1.29, 1.82) is 0 Å². The zero-order valence-electron chi connectivity index (χ0n) is 22.7. The molecular formula is C33H37F3O3. The highest BCUT2D eigenvalue weighted by Crippen LogP contribution is 2.34. The Hall–Kier alpha value is -3.09. The van der Waals surface area contributed by atoms with Gasteiger partial charge in [-0.2, -0.15) is 4.39 Å². The summed E-state index contributed by atoms with van der Waals surface area (Å²) < 4.78 is 61.5. The van der Waals surface area contributed by atoms with E-state index in [9.17, 15) is 8.78 Å². The quantitative estimate of drug-likeness (QED) is 0.170. The van der Waals surface area contributed by atoms with Crippen molar-refractivity contribution in [3.63, 3.8) is 0 Å². The van der Waals surface area contributed by atoms with Gasteiger partial charge in [0.15, 0.2) is 17.9 Å². The lowest BCUT2D eigenvalue weighted by Crippen LogP contribution is -2.27. The fourth-order valence-corrected chi connectivity index (χ4v) is 4.82. The third-order valence-electron chi connectivity index (χ3n) is 7.12. The van der Waals surface area contributed by atoms with Crippen molar-refractivity contribution in [2.45, 2.75) is 64.6 Å². The van der Waals surface area contributed by atoms with E-state index in [1.54, 1.807) is 24.3 Å². The molecule has 39 heavy (non-hydrogen) atoms. The van der Waals surface area contributed by atoms with Crippen molar-refractivity contribution in [2.75, 3.05) is 19.8 Å². The topological polar surface area (TPSA) is 27.7 Å². The van der Waals surface area contributed by atoms with Crippen LogP contribution in [0.3, 0.4) is 0 Å². The van der Waals surface area contributed by atoms with E-state index in [0.29, 0.717) is 42.9 Å². The monoisotopic (exact) mass is 538 g/mol. The molecule has 1 heterocycles. The van der Waals surface area contributed by atoms with Crippen LogP contribution in [0.1, 0.15) is 63.9 Å². The minimum Gasteiger partial charge on any atom is -0.490 e. The van der Waals surface area contributed by atoms with Gasteiger partial charge < -0.3 is 14.2 Å². The van der Waals surface area contributed by atoms with Gasteiger partial charge in [0.2, 0.25) is 5.82 Å². The first-order valence-electron chi connectivity index (χ1n) is 13.9. The first kappa shape index (κ1) is 28.9. The van der Waals surface area contributed by atoms with Crippen molar-refractivity contribution in [1.82, 2.24) is 0 Å². The molecule has 3 aromatic rings. The standard InChI is InChI=1S/C33H37F3O3/c1-3-5-7-8-20-37-30-17-16-28(32(35)33(30)36)24-11-9-23(10-12-24)25-13-15-27(29(34)21-25)26-14-18-31(39-22-26)38-19-6-4-2/h4,6,9-13,15-17,21,26,31H,3,5,7-8,14,18-20,22H2,1-2H3/b6-4+. The van der Waals surface area contributed by atoms with Gasteiger partial charge in [-0.25, -0.2) is 8.78 Å². The number of rotatable bonds is 12. The van der Waals surface area contributed by atoms with Crippen LogP contribution in [0.2, 0.25) is 0 Å². The van der Waals surface area contributed by atoms with E-state index in [1.807, 2.05) is 31.2 Å². The van der Waals surface area contributed by atoms with Gasteiger partial charge in [-0.05, 0) is 66.6 Å². The molecule has 0 spiro atoms. The number of benzene rings is 3. The molecule has 0 N–H and O–H groups in total. The van der Waals surface area contributed by atoms with Crippen LogP contribution in [0.25, 0.3) is 22.3 Å². The molecule has 3 nitrogen and oxygen atoms in total. The summed E-state index contributed by atoms with van der Waals surface area (Å²) in [6.45, 7) is 5.33. The second-order valence-corrected chi connectivity index (χ2v) is 9.90. The second kappa shape index (κ2) is 14.3. The van der Waals surface area contributed by atoms with E-state index in [2.05, 4.69) is 6.92 Å². The third-order valence-corrected chi connectivity index (χ3v) is 7.12. The van der Waals surface area contributed by atoms with E-state index in [4.69, 9.17) is 14.2 Å². The van der Waals surface area contributed by atoms with Crippen LogP contribution in [0, 0.1) is 17.5 Å². The molecule has 1 saturated heterocycles. The molecule has 1 fully saturated rings. The molecule has 1 aliphatic heterocycles. The third kappa shape index (κ3) is 7.52. The number of allylic oxidation sites excluding steroid dienone is 1. The van der Waals surface area contributed by atoms with E-state index < -0.39 is 11.6 Å². The first-order valence-corrected chi connectivity index (χ1v) is 13.9. The SMILES string of the molecule is C/C=C/COC1CCC(c2ccc(-c3ccc(-c4ccc(OCCCCCC)c(F)c4F)cc3)cc2F)CO1. The summed E-state index contributed by atoms with van der Waals surface area (Å²) in [4.78, 5) is 0. The second-order valence-electron chi connectivity index (χ2n) is 9.90. The van der Waals surface area contributed by atoms with Crippen molar-refractivity contribution >= 4 is 0 Å². The number of unbranched alkanes of at least 4 members (excludes halogenated alkanes) is 3. The van der Waals surface area contributed by atoms with Gasteiger partial charge in [-0.15, -0.1) is 0 Å². The molecule has 2 atom stereocenters. The Morgan fingerprint density at radius 1 is 0.872 bits per heavy atom. The molecule has 208 valence electrons. The molecule has 0 amide bonds. The van der Waals surface area contributed by atoms with Gasteiger partial charge in [0.1, 0.15) is 5.82 Å². The molecule has 0 aromatic heterocycles. The van der Waals surface area contributed by atoms with E-state index in [0.717, 1.165) is 37.7 Å². The largest absolute Gasteiger partial charge is 0.490 e. The van der Waals surface area contributed by atoms with Crippen LogP contribution in [0.4, 0.5) is 13.2 Å². The molecule has 3 aromatic carbocycles. The summed E-state index contributed by atoms with van der Waals surface area (Å²) in [5.74, 6) is -2.29. The maximum absolute atomic E-state index is 15.1. The van der Waals surface area contributed by atoms with Gasteiger partial charge in [-0.1, -0.05) is 74.7 Å². The molecule has 0 radical (unpaired) electrons. The zero-order chi connectivity index (χ0) is 27.6. The number of ether oxygens (including phenoxy) is 3. The minimum atomic E-state index is -0.980. The molecule has 0 aliphatic carbocycles. The number of hydrogen-bond donors (Lipinski definition) is 0. The predicted octanol–water partition coefficient (Wildman–Crippen LogP) is 9.21. The summed E-state index contributed by atoms with van der Waals surface area (Å²) in [6.07, 6.45) is 9.10. The molecule has 0 saturated carbocycles. The van der Waals surface area contributed by atoms with Crippen LogP contribution in [-0.4, -0.2) is 26.1 Å². The summed E-state index contributed by atoms with van der Waals surface area (Å²) in [6, 6.07) is 15.2. The Morgan fingerprint density at radius 3 is 2.33 bits per heavy atom. The Balaban J connectivity index is 1.39. The Morgan fingerprint density at radius 2 is 1.64 bits per heavy atom. The van der Waals surface area contributed by atoms with Crippen molar-refractivity contribution < 1.29 is 27.4 Å². The Labute approximate surface area is 229 Å². The van der Waals surface area contributed by atoms with Crippen LogP contribution < -0.4 is 4.74 Å². The number of halogens is 3. The van der Waals surface area contributed by atoms with Gasteiger partial charge in [0.05, 0.1) is 19.8 Å². The van der Waals surface area contributed by atoms with E-state index >= 15 is 4.39 Å². The predicted molar refractivity (Wildman–Crippen MR) is 149 cm³/mol. The van der Waals surface area contributed by atoms with Crippen LogP contribution in [-0.2, 0) is 9.47 Å². The minimum absolute atomic E-state index is 0.0239. The smallest absolute Gasteiger partial charge is 0.201 e. The first-order chi connectivity index (χ1) is 19.0. The van der Waals surface area contributed by atoms with Crippen LogP contribution in [0.15, 0.2) is 66.7 Å². The van der Waals surface area contributed by atoms with Crippen LogP contribution in [0.5, 0.6) is 5.75 Å². The van der Waals surface area contributed by atoms with E-state index in [1.165, 1.54) is 18.2 Å². The lowest BCUT2D eigenvalue weighted by atomic mass is 9.91. The van der Waals surface area contributed by atoms with Gasteiger partial charge in [-0.3, -0.25) is 0 Å². The highest BCUT2D eigenvalue weighted by molar-refractivity contribution is 5.71. The summed E-state index contributed by atoms with van der Waals surface area (Å²) >= 11 is 0. The molecule has 2 unspecified atom stereocenters. The molecule has 4 rings (SSSR count). The highest BCUT2D eigenvalue weighted by Gasteiger charge is 2.25. The summed E-state index contributed by atoms with van der Waals surface area (Å²) in [7, 11) is 0. The average Bonchev–Trinajstić information content (AvgIpc) is 2.96. The van der Waals surface area contributed by atoms with Crippen molar-refractivity contribution in [3.05, 3.63) is 89.8 Å². The van der Waals surface area contributed by atoms with Crippen LogP contribution >= 0.6 is 0 Å². The molecular weight excluding hydrogens is 501 g/mol. The van der Waals surface area contributed by atoms with E-state index in [-0.39, 0.29) is 29.3 Å². The van der Waals surface area contributed by atoms with Gasteiger partial charge in [0.25, 0.3) is 0 Å². The average molecular weight is 539 g/mol. The van der Waals surface area contributed by atoms with Crippen molar-refractivity contribution in [3.8, 4) is 28.0 Å². The normalized spacial score (nSPS) is 17.6. The lowest BCUT2D eigenvalue weighted by Gasteiger charge is -2.29. The number of hydrogen-bond acceptors (Lipinski definition) is 3. The fourth-order valence-electron chi connectivity index (χ4n) is 4.82. The summed E-state index contributed by atoms with van der Waals surface area (Å²) in [5.41, 5.74) is 2.82. The molecule has 0 bridgehead atoms. The van der Waals surface area contributed by atoms with Gasteiger partial charge in [0, 0.05) is 11.5 Å². The Kier molecular flexibility index (Phi) is 10.6. The van der Waals surface area contributed by atoms with Crippen molar-refractivity contribution in [2.24, 2.45) is 0 Å². The molecule has 1 aliphatic rings. The molecule has 6 heteroatoms. The maximum atomic E-state index is 15.1. The lowest BCUT2D eigenvalue weighted by molar-refractivity contribution is -0.160. The maximum Gasteiger partial charge on any atom is 0.201 e. The fraction of sp³-hybridized carbons (Fsp3) is 0.394. The van der Waals surface area contributed by atoms with Gasteiger partial charge >= 0.3 is 0 Å². The highest BCUT2D eigenvalue weighted by atomic mass is 19.2.